The molecule has 178 valence electrons. The fraction of sp³-hybridized carbons (Fsp3) is 0.526. The number of nitrogens with one attached hydrogen (secondary N) is 1. The molecule has 0 aliphatic carbocycles. The first-order valence-electron chi connectivity index (χ1n) is 9.24. The van der Waals surface area contributed by atoms with Crippen LogP contribution in [-0.2, 0) is 28.6 Å². The van der Waals surface area contributed by atoms with Gasteiger partial charge >= 0.3 is 5.97 Å². The number of carbonyl (C=O) groups is 3. The number of ether oxygens (including phenoxy) is 4. The van der Waals surface area contributed by atoms with Crippen LogP contribution in [0.15, 0.2) is 30.3 Å². The Bertz CT molecular complexity index is 821. The fourth-order valence-corrected chi connectivity index (χ4v) is 3.53. The van der Waals surface area contributed by atoms with Crippen molar-refractivity contribution in [2.75, 3.05) is 27.4 Å². The molecule has 1 N–H and O–H groups in total. The Balaban J connectivity index is 2.07. The highest BCUT2D eigenvalue weighted by atomic mass is 35.6. The largest absolute Gasteiger partial charge is 0.484 e. The van der Waals surface area contributed by atoms with Gasteiger partial charge in [0.2, 0.25) is 9.70 Å². The van der Waals surface area contributed by atoms with E-state index in [-0.39, 0.29) is 6.61 Å². The molecule has 3 unspecified atom stereocenters. The van der Waals surface area contributed by atoms with Gasteiger partial charge in [0.15, 0.2) is 18.4 Å². The minimum atomic E-state index is -1.86. The molecule has 1 fully saturated rings. The van der Waals surface area contributed by atoms with Crippen molar-refractivity contribution >= 4 is 65.2 Å². The number of halogens is 3. The van der Waals surface area contributed by atoms with Crippen LogP contribution in [0.3, 0.4) is 0 Å². The van der Waals surface area contributed by atoms with Crippen molar-refractivity contribution in [3.63, 3.8) is 0 Å². The first-order valence-corrected chi connectivity index (χ1v) is 10.9. The van der Waals surface area contributed by atoms with E-state index >= 15 is 0 Å². The Kier molecular flexibility index (Phi) is 9.33. The molecule has 0 bridgehead atoms. The highest BCUT2D eigenvalue weighted by Gasteiger charge is 2.58. The van der Waals surface area contributed by atoms with Gasteiger partial charge in [-0.3, -0.25) is 9.59 Å². The number of methoxy groups -OCH3 is 2. The van der Waals surface area contributed by atoms with Crippen LogP contribution in [0, 0.1) is 0 Å². The van der Waals surface area contributed by atoms with Gasteiger partial charge < -0.3 is 29.2 Å². The van der Waals surface area contributed by atoms with Crippen molar-refractivity contribution in [2.45, 2.75) is 34.0 Å². The summed E-state index contributed by atoms with van der Waals surface area (Å²) in [7, 11) is 2.58. The van der Waals surface area contributed by atoms with Gasteiger partial charge in [0.05, 0.1) is 0 Å². The molecule has 2 amide bonds. The molecule has 1 aromatic rings. The summed E-state index contributed by atoms with van der Waals surface area (Å²) < 4.78 is 19.2. The van der Waals surface area contributed by atoms with E-state index in [0.717, 1.165) is 4.90 Å². The van der Waals surface area contributed by atoms with Gasteiger partial charge in [-0.15, -0.1) is 0 Å². The summed E-state index contributed by atoms with van der Waals surface area (Å²) in [5, 5.41) is 1.63. The standard InChI is InChI=1S/C19H23Cl3N2O7S/c1-18(28-2,29-3)14(17(27)31-10-19(20,21)22)24-15(26)13(16(24)32)23-12(25)9-30-11-7-5-4-6-8-11/h4-8,13-14,16,32H,9-10H2,1-3H3,(H,23,25). The predicted octanol–water partition coefficient (Wildman–Crippen LogP) is 1.94. The highest BCUT2D eigenvalue weighted by molar-refractivity contribution is 7.81. The minimum absolute atomic E-state index is 0.309. The molecule has 0 radical (unpaired) electrons. The van der Waals surface area contributed by atoms with E-state index in [1.54, 1.807) is 24.3 Å². The van der Waals surface area contributed by atoms with E-state index in [1.165, 1.54) is 21.1 Å². The third-order valence-electron chi connectivity index (χ3n) is 4.72. The molecule has 0 spiro atoms. The summed E-state index contributed by atoms with van der Waals surface area (Å²) in [6.07, 6.45) is 0. The molecule has 13 heteroatoms. The van der Waals surface area contributed by atoms with Gasteiger partial charge in [-0.2, -0.15) is 12.6 Å². The lowest BCUT2D eigenvalue weighted by Crippen LogP contribution is -2.76. The van der Waals surface area contributed by atoms with Crippen molar-refractivity contribution in [1.29, 1.82) is 0 Å². The van der Waals surface area contributed by atoms with E-state index in [0.29, 0.717) is 5.75 Å². The van der Waals surface area contributed by atoms with Crippen LogP contribution in [0.4, 0.5) is 0 Å². The van der Waals surface area contributed by atoms with Crippen LogP contribution < -0.4 is 10.1 Å². The number of rotatable bonds is 10. The molecular weight excluding hydrogens is 507 g/mol. The van der Waals surface area contributed by atoms with Crippen LogP contribution in [0.25, 0.3) is 0 Å². The zero-order valence-electron chi connectivity index (χ0n) is 17.4. The van der Waals surface area contributed by atoms with Crippen LogP contribution in [0.5, 0.6) is 5.75 Å². The van der Waals surface area contributed by atoms with Gasteiger partial charge in [0.25, 0.3) is 5.91 Å². The number of amides is 2. The molecule has 1 heterocycles. The maximum absolute atomic E-state index is 12.8. The SMILES string of the molecule is COC(C)(OC)C(C(=O)OCC(Cl)(Cl)Cl)N1C(=O)C(NC(=O)COc2ccccc2)C1S. The van der Waals surface area contributed by atoms with E-state index in [9.17, 15) is 14.4 Å². The lowest BCUT2D eigenvalue weighted by molar-refractivity contribution is -0.243. The minimum Gasteiger partial charge on any atom is -0.484 e. The topological polar surface area (TPSA) is 103 Å². The maximum Gasteiger partial charge on any atom is 0.334 e. The number of para-hydroxylation sites is 1. The Labute approximate surface area is 205 Å². The second kappa shape index (κ2) is 11.1. The summed E-state index contributed by atoms with van der Waals surface area (Å²) in [6, 6.07) is 6.30. The van der Waals surface area contributed by atoms with Crippen molar-refractivity contribution in [1.82, 2.24) is 10.2 Å². The molecule has 9 nitrogen and oxygen atoms in total. The van der Waals surface area contributed by atoms with E-state index in [1.807, 2.05) is 6.07 Å². The summed E-state index contributed by atoms with van der Waals surface area (Å²) in [5.74, 6) is -3.18. The summed E-state index contributed by atoms with van der Waals surface area (Å²) in [5.41, 5.74) is 0. The lowest BCUT2D eigenvalue weighted by atomic mass is 9.98. The number of carbonyl (C=O) groups excluding carboxylic acids is 3. The zero-order chi connectivity index (χ0) is 24.1. The third kappa shape index (κ3) is 6.55. The van der Waals surface area contributed by atoms with Gasteiger partial charge in [0.1, 0.15) is 23.8 Å². The van der Waals surface area contributed by atoms with Gasteiger partial charge in [0, 0.05) is 14.2 Å². The van der Waals surface area contributed by atoms with Gasteiger partial charge in [-0.1, -0.05) is 53.0 Å². The monoisotopic (exact) mass is 528 g/mol. The average molecular weight is 530 g/mol. The lowest BCUT2D eigenvalue weighted by Gasteiger charge is -2.51. The van der Waals surface area contributed by atoms with Crippen LogP contribution in [0.1, 0.15) is 6.92 Å². The molecule has 0 aromatic heterocycles. The molecule has 3 atom stereocenters. The number of alkyl halides is 3. The first kappa shape index (κ1) is 26.8. The number of hydrogen-bond donors (Lipinski definition) is 2. The van der Waals surface area contributed by atoms with Crippen LogP contribution >= 0.6 is 47.4 Å². The normalized spacial score (nSPS) is 19.7. The molecule has 0 saturated carbocycles. The number of benzene rings is 1. The molecule has 2 rings (SSSR count). The number of nitrogens with zero attached hydrogens (tertiary/aromatic N) is 1. The number of β-lactam (4-membered cyclic amide) rings is 1. The Morgan fingerprint density at radius 1 is 1.19 bits per heavy atom. The summed E-state index contributed by atoms with van der Waals surface area (Å²) >= 11 is 21.3. The molecule has 1 aromatic carbocycles. The Morgan fingerprint density at radius 3 is 2.28 bits per heavy atom. The van der Waals surface area contributed by atoms with Crippen LogP contribution in [-0.4, -0.2) is 77.2 Å². The van der Waals surface area contributed by atoms with E-state index in [4.69, 9.17) is 53.8 Å². The van der Waals surface area contributed by atoms with Crippen molar-refractivity contribution in [3.8, 4) is 5.75 Å². The zero-order valence-corrected chi connectivity index (χ0v) is 20.6. The van der Waals surface area contributed by atoms with Gasteiger partial charge in [-0.05, 0) is 19.1 Å². The molecular formula is C19H23Cl3N2O7S. The molecule has 1 aliphatic heterocycles. The Morgan fingerprint density at radius 2 is 1.78 bits per heavy atom. The van der Waals surface area contributed by atoms with Crippen molar-refractivity contribution in [2.24, 2.45) is 0 Å². The predicted molar refractivity (Wildman–Crippen MR) is 121 cm³/mol. The third-order valence-corrected chi connectivity index (χ3v) is 5.59. The number of esters is 1. The summed E-state index contributed by atoms with van der Waals surface area (Å²) in [4.78, 5) is 38.9. The summed E-state index contributed by atoms with van der Waals surface area (Å²) in [6.45, 7) is 0.561. The number of hydrogen-bond acceptors (Lipinski definition) is 8. The molecule has 32 heavy (non-hydrogen) atoms. The Hall–Kier alpha value is -1.43. The van der Waals surface area contributed by atoms with Crippen molar-refractivity contribution < 1.29 is 33.3 Å². The molecule has 1 saturated heterocycles. The smallest absolute Gasteiger partial charge is 0.334 e. The van der Waals surface area contributed by atoms with Crippen LogP contribution in [0.2, 0.25) is 0 Å². The number of likely N-dealkylation sites (tertiary alicyclic amines) is 1. The average Bonchev–Trinajstić information content (AvgIpc) is 2.77. The quantitative estimate of drug-likeness (QED) is 0.157. The highest BCUT2D eigenvalue weighted by Crippen LogP contribution is 2.34. The van der Waals surface area contributed by atoms with Gasteiger partial charge in [-0.25, -0.2) is 4.79 Å². The molecule has 1 aliphatic rings. The second-order valence-corrected chi connectivity index (χ2v) is 9.90. The van der Waals surface area contributed by atoms with E-state index in [2.05, 4.69) is 17.9 Å². The maximum atomic E-state index is 12.8. The first-order chi connectivity index (χ1) is 14.9. The van der Waals surface area contributed by atoms with E-state index < -0.39 is 51.4 Å². The number of thiol groups is 1. The fourth-order valence-electron chi connectivity index (χ4n) is 2.91. The van der Waals surface area contributed by atoms with Crippen molar-refractivity contribution in [3.05, 3.63) is 30.3 Å². The second-order valence-electron chi connectivity index (χ2n) is 6.86.